The van der Waals surface area contributed by atoms with Crippen LogP contribution in [0.4, 0.5) is 0 Å². The highest BCUT2D eigenvalue weighted by atomic mass is 16.6. The van der Waals surface area contributed by atoms with Crippen molar-refractivity contribution in [3.63, 3.8) is 0 Å². The summed E-state index contributed by atoms with van der Waals surface area (Å²) >= 11 is 0. The van der Waals surface area contributed by atoms with Crippen LogP contribution in [-0.2, 0) is 10.3 Å². The number of cyclic esters (lactones) is 1. The van der Waals surface area contributed by atoms with Crippen LogP contribution in [0.15, 0.2) is 6.07 Å². The van der Waals surface area contributed by atoms with E-state index in [9.17, 15) is 15.0 Å². The molecule has 0 unspecified atom stereocenters. The summed E-state index contributed by atoms with van der Waals surface area (Å²) in [6.07, 6.45) is 0. The Hall–Kier alpha value is -1.75. The summed E-state index contributed by atoms with van der Waals surface area (Å²) < 4.78 is 10.6. The summed E-state index contributed by atoms with van der Waals surface area (Å²) in [5.41, 5.74) is 0.540. The molecule has 1 aromatic carbocycles. The summed E-state index contributed by atoms with van der Waals surface area (Å²) in [6.45, 7) is 5.21. The number of carbonyl (C=O) groups excluding carboxylic acids is 1. The van der Waals surface area contributed by atoms with Gasteiger partial charge in [-0.05, 0) is 19.4 Å². The lowest BCUT2D eigenvalue weighted by Gasteiger charge is -2.31. The molecule has 0 amide bonds. The molecular formula is C14H18O5. The third-order valence-corrected chi connectivity index (χ3v) is 3.96. The zero-order chi connectivity index (χ0) is 14.4. The first kappa shape index (κ1) is 13.7. The molecule has 1 aliphatic heterocycles. The summed E-state index contributed by atoms with van der Waals surface area (Å²) in [4.78, 5) is 12.0. The summed E-state index contributed by atoms with van der Waals surface area (Å²) in [5, 5.41) is 19.4. The van der Waals surface area contributed by atoms with E-state index in [0.717, 1.165) is 5.56 Å². The largest absolute Gasteiger partial charge is 0.507 e. The van der Waals surface area contributed by atoms with Gasteiger partial charge in [-0.15, -0.1) is 0 Å². The number of benzene rings is 1. The average Bonchev–Trinajstić information content (AvgIpc) is 2.66. The number of methoxy groups -OCH3 is 1. The molecule has 2 rings (SSSR count). The number of hydrogen-bond donors (Lipinski definition) is 2. The molecule has 5 nitrogen and oxygen atoms in total. The predicted octanol–water partition coefficient (Wildman–Crippen LogP) is 1.72. The lowest BCUT2D eigenvalue weighted by molar-refractivity contribution is -0.0401. The molecule has 2 N–H and O–H groups in total. The number of ether oxygens (including phenoxy) is 2. The zero-order valence-electron chi connectivity index (χ0n) is 11.5. The van der Waals surface area contributed by atoms with Gasteiger partial charge < -0.3 is 19.7 Å². The normalized spacial score (nSPS) is 22.9. The van der Waals surface area contributed by atoms with E-state index in [4.69, 9.17) is 9.47 Å². The molecule has 19 heavy (non-hydrogen) atoms. The van der Waals surface area contributed by atoms with Crippen molar-refractivity contribution in [1.29, 1.82) is 0 Å². The van der Waals surface area contributed by atoms with Crippen molar-refractivity contribution in [2.45, 2.75) is 26.4 Å². The van der Waals surface area contributed by atoms with Crippen LogP contribution in [-0.4, -0.2) is 29.9 Å². The van der Waals surface area contributed by atoms with Gasteiger partial charge in [0.25, 0.3) is 0 Å². The van der Waals surface area contributed by atoms with Gasteiger partial charge in [0.15, 0.2) is 0 Å². The van der Waals surface area contributed by atoms with E-state index in [2.05, 4.69) is 0 Å². The number of aliphatic hydroxyl groups is 1. The van der Waals surface area contributed by atoms with Crippen molar-refractivity contribution < 1.29 is 24.5 Å². The van der Waals surface area contributed by atoms with Crippen molar-refractivity contribution in [2.75, 3.05) is 13.7 Å². The number of rotatable bonds is 3. The van der Waals surface area contributed by atoms with Gasteiger partial charge in [-0.3, -0.25) is 0 Å². The van der Waals surface area contributed by atoms with E-state index in [0.29, 0.717) is 11.3 Å². The first-order valence-corrected chi connectivity index (χ1v) is 6.12. The number of aromatic hydroxyl groups is 1. The number of carbonyl (C=O) groups is 1. The predicted molar refractivity (Wildman–Crippen MR) is 68.4 cm³/mol. The van der Waals surface area contributed by atoms with Gasteiger partial charge in [-0.2, -0.15) is 0 Å². The van der Waals surface area contributed by atoms with E-state index in [1.165, 1.54) is 13.2 Å². The van der Waals surface area contributed by atoms with Gasteiger partial charge in [0.2, 0.25) is 0 Å². The number of phenolic OH excluding ortho intramolecular Hbond substituents is 1. The maximum Gasteiger partial charge on any atom is 0.343 e. The second-order valence-corrected chi connectivity index (χ2v) is 5.05. The molecule has 1 aromatic rings. The maximum absolute atomic E-state index is 12.0. The minimum Gasteiger partial charge on any atom is -0.507 e. The van der Waals surface area contributed by atoms with Crippen LogP contribution in [0.5, 0.6) is 11.5 Å². The van der Waals surface area contributed by atoms with Crippen molar-refractivity contribution in [3.8, 4) is 11.5 Å². The highest BCUT2D eigenvalue weighted by Gasteiger charge is 2.48. The van der Waals surface area contributed by atoms with Gasteiger partial charge in [-0.1, -0.05) is 6.92 Å². The average molecular weight is 266 g/mol. The van der Waals surface area contributed by atoms with Crippen molar-refractivity contribution in [3.05, 3.63) is 22.8 Å². The van der Waals surface area contributed by atoms with Gasteiger partial charge in [0, 0.05) is 24.2 Å². The Labute approximate surface area is 111 Å². The van der Waals surface area contributed by atoms with Crippen molar-refractivity contribution >= 4 is 5.97 Å². The van der Waals surface area contributed by atoms with Gasteiger partial charge in [0.05, 0.1) is 7.11 Å². The van der Waals surface area contributed by atoms with Crippen LogP contribution in [0.3, 0.4) is 0 Å². The van der Waals surface area contributed by atoms with E-state index in [1.54, 1.807) is 20.8 Å². The van der Waals surface area contributed by atoms with E-state index >= 15 is 0 Å². The quantitative estimate of drug-likeness (QED) is 0.815. The van der Waals surface area contributed by atoms with Crippen LogP contribution in [0, 0.1) is 12.8 Å². The number of phenols is 1. The molecule has 0 bridgehead atoms. The topological polar surface area (TPSA) is 76.0 Å². The fourth-order valence-electron chi connectivity index (χ4n) is 2.60. The smallest absolute Gasteiger partial charge is 0.343 e. The Kier molecular flexibility index (Phi) is 3.18. The van der Waals surface area contributed by atoms with Crippen molar-refractivity contribution in [2.24, 2.45) is 5.92 Å². The zero-order valence-corrected chi connectivity index (χ0v) is 11.5. The number of hydrogen-bond acceptors (Lipinski definition) is 5. The minimum atomic E-state index is -0.961. The summed E-state index contributed by atoms with van der Waals surface area (Å²) in [7, 11) is 1.50. The second-order valence-electron chi connectivity index (χ2n) is 5.05. The SMILES string of the molecule is COc1cc(O)c2c(c1C)[C@](C)([C@H](C)CO)OC2=O. The van der Waals surface area contributed by atoms with Crippen LogP contribution in [0.25, 0.3) is 0 Å². The standard InChI is InChI=1S/C14H18O5/c1-7(6-15)14(3)12-8(2)10(18-4)5-9(16)11(12)13(17)19-14/h5,7,15-16H,6H2,1-4H3/t7-,14+/m1/s1. The minimum absolute atomic E-state index is 0.124. The van der Waals surface area contributed by atoms with Crippen LogP contribution in [0.2, 0.25) is 0 Å². The molecule has 0 aromatic heterocycles. The van der Waals surface area contributed by atoms with Gasteiger partial charge in [-0.25, -0.2) is 4.79 Å². The third-order valence-electron chi connectivity index (χ3n) is 3.96. The monoisotopic (exact) mass is 266 g/mol. The molecule has 1 aliphatic rings. The van der Waals surface area contributed by atoms with Crippen LogP contribution >= 0.6 is 0 Å². The molecule has 0 spiro atoms. The van der Waals surface area contributed by atoms with E-state index in [-0.39, 0.29) is 23.8 Å². The number of aliphatic hydroxyl groups excluding tert-OH is 1. The second kappa shape index (κ2) is 4.42. The van der Waals surface area contributed by atoms with E-state index < -0.39 is 11.6 Å². The Balaban J connectivity index is 2.75. The summed E-state index contributed by atoms with van der Waals surface area (Å²) in [5.74, 6) is -0.522. The Morgan fingerprint density at radius 1 is 1.53 bits per heavy atom. The molecule has 0 saturated heterocycles. The molecule has 2 atom stereocenters. The third kappa shape index (κ3) is 1.76. The highest BCUT2D eigenvalue weighted by molar-refractivity contribution is 5.98. The lowest BCUT2D eigenvalue weighted by atomic mass is 9.81. The molecule has 0 aliphatic carbocycles. The fourth-order valence-corrected chi connectivity index (χ4v) is 2.60. The van der Waals surface area contributed by atoms with Gasteiger partial charge in [0.1, 0.15) is 22.7 Å². The Morgan fingerprint density at radius 3 is 2.68 bits per heavy atom. The molecule has 0 saturated carbocycles. The maximum atomic E-state index is 12.0. The molecule has 0 radical (unpaired) electrons. The van der Waals surface area contributed by atoms with Crippen LogP contribution in [0.1, 0.15) is 35.3 Å². The number of fused-ring (bicyclic) bond motifs is 1. The number of esters is 1. The Bertz CT molecular complexity index is 537. The van der Waals surface area contributed by atoms with E-state index in [1.807, 2.05) is 0 Å². The first-order valence-electron chi connectivity index (χ1n) is 6.12. The molecule has 0 fully saturated rings. The van der Waals surface area contributed by atoms with Crippen molar-refractivity contribution in [1.82, 2.24) is 0 Å². The first-order chi connectivity index (χ1) is 8.86. The molecule has 5 heteroatoms. The van der Waals surface area contributed by atoms with Crippen LogP contribution < -0.4 is 4.74 Å². The fraction of sp³-hybridized carbons (Fsp3) is 0.500. The summed E-state index contributed by atoms with van der Waals surface area (Å²) in [6, 6.07) is 1.41. The molecule has 1 heterocycles. The highest BCUT2D eigenvalue weighted by Crippen LogP contribution is 2.48. The molecular weight excluding hydrogens is 248 g/mol. The Morgan fingerprint density at radius 2 is 2.16 bits per heavy atom. The molecule has 104 valence electrons. The van der Waals surface area contributed by atoms with Gasteiger partial charge >= 0.3 is 5.97 Å². The lowest BCUT2D eigenvalue weighted by Crippen LogP contribution is -2.33.